The molecule has 2 unspecified atom stereocenters. The van der Waals surface area contributed by atoms with E-state index in [0.29, 0.717) is 12.0 Å². The van der Waals surface area contributed by atoms with Gasteiger partial charge in [-0.2, -0.15) is 0 Å². The van der Waals surface area contributed by atoms with E-state index in [9.17, 15) is 0 Å². The second-order valence-electron chi connectivity index (χ2n) is 6.31. The first-order chi connectivity index (χ1) is 9.54. The molecule has 20 heavy (non-hydrogen) atoms. The van der Waals surface area contributed by atoms with Crippen LogP contribution >= 0.6 is 0 Å². The molecular formula is C17H28N2O. The molecule has 1 aliphatic rings. The standard InChI is InChI=1S/C17H28N2O/c1-13(2)20-17-8-6-15(7-9-17)11-19-10-4-5-16(12-19)14(3)18/h6-9,13-14,16H,4-5,10-12,18H2,1-3H3. The van der Waals surface area contributed by atoms with Crippen LogP contribution in [0.1, 0.15) is 39.2 Å². The van der Waals surface area contributed by atoms with Crippen LogP contribution in [0.4, 0.5) is 0 Å². The molecule has 0 saturated carbocycles. The van der Waals surface area contributed by atoms with Gasteiger partial charge in [-0.15, -0.1) is 0 Å². The van der Waals surface area contributed by atoms with E-state index in [0.717, 1.165) is 18.8 Å². The summed E-state index contributed by atoms with van der Waals surface area (Å²) in [4.78, 5) is 2.52. The summed E-state index contributed by atoms with van der Waals surface area (Å²) in [6.07, 6.45) is 2.77. The highest BCUT2D eigenvalue weighted by Gasteiger charge is 2.22. The van der Waals surface area contributed by atoms with Gasteiger partial charge in [0.05, 0.1) is 6.10 Å². The maximum Gasteiger partial charge on any atom is 0.119 e. The molecule has 112 valence electrons. The lowest BCUT2D eigenvalue weighted by atomic mass is 9.92. The van der Waals surface area contributed by atoms with Gasteiger partial charge < -0.3 is 10.5 Å². The van der Waals surface area contributed by atoms with Gasteiger partial charge in [0.25, 0.3) is 0 Å². The third kappa shape index (κ3) is 4.50. The number of rotatable bonds is 5. The number of ether oxygens (including phenoxy) is 1. The van der Waals surface area contributed by atoms with Crippen LogP contribution < -0.4 is 10.5 Å². The second kappa shape index (κ2) is 7.09. The number of benzene rings is 1. The third-order valence-electron chi connectivity index (χ3n) is 3.99. The molecule has 1 aromatic rings. The monoisotopic (exact) mass is 276 g/mol. The van der Waals surface area contributed by atoms with Gasteiger partial charge in [0.15, 0.2) is 0 Å². The van der Waals surface area contributed by atoms with Gasteiger partial charge in [-0.25, -0.2) is 0 Å². The molecule has 0 aliphatic carbocycles. The summed E-state index contributed by atoms with van der Waals surface area (Å²) in [6, 6.07) is 8.80. The summed E-state index contributed by atoms with van der Waals surface area (Å²) in [5.74, 6) is 1.60. The minimum Gasteiger partial charge on any atom is -0.491 e. The normalized spacial score (nSPS) is 21.9. The van der Waals surface area contributed by atoms with Gasteiger partial charge in [-0.05, 0) is 63.8 Å². The van der Waals surface area contributed by atoms with Gasteiger partial charge >= 0.3 is 0 Å². The maximum atomic E-state index is 6.05. The Morgan fingerprint density at radius 1 is 1.25 bits per heavy atom. The number of hydrogen-bond acceptors (Lipinski definition) is 3. The van der Waals surface area contributed by atoms with Crippen LogP contribution in [-0.4, -0.2) is 30.1 Å². The van der Waals surface area contributed by atoms with Crippen LogP contribution in [-0.2, 0) is 6.54 Å². The van der Waals surface area contributed by atoms with Gasteiger partial charge in [0.2, 0.25) is 0 Å². The smallest absolute Gasteiger partial charge is 0.119 e. The van der Waals surface area contributed by atoms with E-state index in [1.54, 1.807) is 0 Å². The van der Waals surface area contributed by atoms with Crippen molar-refractivity contribution in [3.8, 4) is 5.75 Å². The average Bonchev–Trinajstić information content (AvgIpc) is 2.41. The second-order valence-corrected chi connectivity index (χ2v) is 6.31. The van der Waals surface area contributed by atoms with Crippen LogP contribution in [0.25, 0.3) is 0 Å². The highest BCUT2D eigenvalue weighted by atomic mass is 16.5. The van der Waals surface area contributed by atoms with Gasteiger partial charge in [0, 0.05) is 19.1 Å². The zero-order valence-corrected chi connectivity index (χ0v) is 13.0. The molecule has 3 nitrogen and oxygen atoms in total. The summed E-state index contributed by atoms with van der Waals surface area (Å²) in [5.41, 5.74) is 7.40. The molecule has 0 spiro atoms. The zero-order chi connectivity index (χ0) is 14.5. The average molecular weight is 276 g/mol. The minimum atomic E-state index is 0.231. The van der Waals surface area contributed by atoms with E-state index in [1.165, 1.54) is 24.9 Å². The minimum absolute atomic E-state index is 0.231. The first kappa shape index (κ1) is 15.3. The largest absolute Gasteiger partial charge is 0.491 e. The van der Waals surface area contributed by atoms with Crippen LogP contribution in [0.2, 0.25) is 0 Å². The van der Waals surface area contributed by atoms with E-state index in [2.05, 4.69) is 49.9 Å². The summed E-state index contributed by atoms with van der Waals surface area (Å²) in [7, 11) is 0. The molecule has 1 heterocycles. The Bertz CT molecular complexity index is 400. The van der Waals surface area contributed by atoms with Crippen molar-refractivity contribution < 1.29 is 4.74 Å². The number of piperidine rings is 1. The topological polar surface area (TPSA) is 38.5 Å². The Morgan fingerprint density at radius 2 is 1.95 bits per heavy atom. The van der Waals surface area contributed by atoms with Crippen molar-refractivity contribution in [1.82, 2.24) is 4.90 Å². The van der Waals surface area contributed by atoms with Crippen LogP contribution in [0.5, 0.6) is 5.75 Å². The SMILES string of the molecule is CC(C)Oc1ccc(CN2CCCC(C(C)N)C2)cc1. The Labute approximate surface area is 123 Å². The van der Waals surface area contributed by atoms with E-state index in [-0.39, 0.29) is 6.10 Å². The molecular weight excluding hydrogens is 248 g/mol. The summed E-state index contributed by atoms with van der Waals surface area (Å²) >= 11 is 0. The maximum absolute atomic E-state index is 6.05. The molecule has 1 saturated heterocycles. The van der Waals surface area contributed by atoms with Crippen molar-refractivity contribution >= 4 is 0 Å². The van der Waals surface area contributed by atoms with E-state index in [1.807, 2.05) is 0 Å². The molecule has 1 aromatic carbocycles. The van der Waals surface area contributed by atoms with E-state index in [4.69, 9.17) is 10.5 Å². The fourth-order valence-corrected chi connectivity index (χ4v) is 2.87. The van der Waals surface area contributed by atoms with Crippen molar-refractivity contribution in [3.63, 3.8) is 0 Å². The van der Waals surface area contributed by atoms with E-state index < -0.39 is 0 Å². The number of hydrogen-bond donors (Lipinski definition) is 1. The predicted octanol–water partition coefficient (Wildman–Crippen LogP) is 3.03. The Hall–Kier alpha value is -1.06. The lowest BCUT2D eigenvalue weighted by Gasteiger charge is -2.34. The molecule has 3 heteroatoms. The van der Waals surface area contributed by atoms with Gasteiger partial charge in [0.1, 0.15) is 5.75 Å². The lowest BCUT2D eigenvalue weighted by molar-refractivity contribution is 0.154. The molecule has 0 bridgehead atoms. The lowest BCUT2D eigenvalue weighted by Crippen LogP contribution is -2.41. The van der Waals surface area contributed by atoms with Crippen LogP contribution in [0, 0.1) is 5.92 Å². The van der Waals surface area contributed by atoms with Crippen molar-refractivity contribution in [2.75, 3.05) is 13.1 Å². The van der Waals surface area contributed by atoms with Crippen LogP contribution in [0.3, 0.4) is 0 Å². The summed E-state index contributed by atoms with van der Waals surface area (Å²) in [6.45, 7) is 9.57. The first-order valence-electron chi connectivity index (χ1n) is 7.78. The van der Waals surface area contributed by atoms with Crippen molar-refractivity contribution in [2.24, 2.45) is 11.7 Å². The molecule has 0 radical (unpaired) electrons. The van der Waals surface area contributed by atoms with Crippen molar-refractivity contribution in [1.29, 1.82) is 0 Å². The van der Waals surface area contributed by atoms with Gasteiger partial charge in [-0.1, -0.05) is 12.1 Å². The Balaban J connectivity index is 1.89. The zero-order valence-electron chi connectivity index (χ0n) is 13.0. The number of nitrogens with zero attached hydrogens (tertiary/aromatic N) is 1. The summed E-state index contributed by atoms with van der Waals surface area (Å²) in [5, 5.41) is 0. The van der Waals surface area contributed by atoms with E-state index >= 15 is 0 Å². The predicted molar refractivity (Wildman–Crippen MR) is 83.9 cm³/mol. The molecule has 1 aliphatic heterocycles. The number of likely N-dealkylation sites (tertiary alicyclic amines) is 1. The number of nitrogens with two attached hydrogens (primary N) is 1. The quantitative estimate of drug-likeness (QED) is 0.898. The molecule has 0 aromatic heterocycles. The third-order valence-corrected chi connectivity index (χ3v) is 3.99. The van der Waals surface area contributed by atoms with Gasteiger partial charge in [-0.3, -0.25) is 4.90 Å². The Morgan fingerprint density at radius 3 is 2.55 bits per heavy atom. The fourth-order valence-electron chi connectivity index (χ4n) is 2.87. The summed E-state index contributed by atoms with van der Waals surface area (Å²) < 4.78 is 5.68. The molecule has 2 N–H and O–H groups in total. The highest BCUT2D eigenvalue weighted by molar-refractivity contribution is 5.27. The van der Waals surface area contributed by atoms with Crippen molar-refractivity contribution in [3.05, 3.63) is 29.8 Å². The fraction of sp³-hybridized carbons (Fsp3) is 0.647. The first-order valence-corrected chi connectivity index (χ1v) is 7.78. The Kier molecular flexibility index (Phi) is 5.44. The molecule has 0 amide bonds. The van der Waals surface area contributed by atoms with Crippen LogP contribution in [0.15, 0.2) is 24.3 Å². The molecule has 2 atom stereocenters. The molecule has 1 fully saturated rings. The van der Waals surface area contributed by atoms with Crippen molar-refractivity contribution in [2.45, 2.75) is 52.3 Å². The molecule has 2 rings (SSSR count). The highest BCUT2D eigenvalue weighted by Crippen LogP contribution is 2.21.